The third-order valence-electron chi connectivity index (χ3n) is 3.02. The summed E-state index contributed by atoms with van der Waals surface area (Å²) < 4.78 is 10.4. The fourth-order valence-electron chi connectivity index (χ4n) is 1.93. The van der Waals surface area contributed by atoms with Crippen LogP contribution in [0.15, 0.2) is 42.9 Å². The molecule has 1 amide bonds. The molecule has 0 atom stereocenters. The Labute approximate surface area is 129 Å². The maximum atomic E-state index is 12.6. The highest BCUT2D eigenvalue weighted by atomic mass is 16.5. The van der Waals surface area contributed by atoms with Gasteiger partial charge in [0.15, 0.2) is 0 Å². The van der Waals surface area contributed by atoms with Crippen molar-refractivity contribution in [1.29, 1.82) is 0 Å². The van der Waals surface area contributed by atoms with Gasteiger partial charge in [-0.15, -0.1) is 0 Å². The van der Waals surface area contributed by atoms with E-state index in [2.05, 4.69) is 9.97 Å². The minimum atomic E-state index is -0.149. The molecule has 6 heteroatoms. The van der Waals surface area contributed by atoms with E-state index in [9.17, 15) is 4.79 Å². The summed E-state index contributed by atoms with van der Waals surface area (Å²) in [7, 11) is 3.33. The predicted octanol–water partition coefficient (Wildman–Crippen LogP) is 1.77. The summed E-state index contributed by atoms with van der Waals surface area (Å²) in [5.41, 5.74) is 1.40. The largest absolute Gasteiger partial charge is 0.475 e. The molecule has 0 radical (unpaired) electrons. The molecular formula is C16H19N3O3. The monoisotopic (exact) mass is 301 g/mol. The Morgan fingerprint density at radius 2 is 2.05 bits per heavy atom. The number of amides is 1. The first-order valence-electron chi connectivity index (χ1n) is 6.93. The molecule has 0 aliphatic rings. The van der Waals surface area contributed by atoms with E-state index in [4.69, 9.17) is 9.47 Å². The molecule has 2 aromatic heterocycles. The summed E-state index contributed by atoms with van der Waals surface area (Å²) >= 11 is 0. The van der Waals surface area contributed by atoms with Crippen molar-refractivity contribution in [3.8, 4) is 5.88 Å². The van der Waals surface area contributed by atoms with Crippen LogP contribution >= 0.6 is 0 Å². The molecule has 22 heavy (non-hydrogen) atoms. The third-order valence-corrected chi connectivity index (χ3v) is 3.02. The number of methoxy groups -OCH3 is 1. The van der Waals surface area contributed by atoms with Gasteiger partial charge in [-0.2, -0.15) is 0 Å². The Balaban J connectivity index is 2.08. The quantitative estimate of drug-likeness (QED) is 0.729. The van der Waals surface area contributed by atoms with Crippen LogP contribution in [0, 0.1) is 0 Å². The van der Waals surface area contributed by atoms with Gasteiger partial charge in [0.25, 0.3) is 5.91 Å². The maximum Gasteiger partial charge on any atom is 0.259 e. The molecule has 0 aromatic carbocycles. The smallest absolute Gasteiger partial charge is 0.259 e. The summed E-state index contributed by atoms with van der Waals surface area (Å²) in [4.78, 5) is 22.3. The summed E-state index contributed by atoms with van der Waals surface area (Å²) in [6.45, 7) is 1.26. The van der Waals surface area contributed by atoms with E-state index in [1.54, 1.807) is 49.8 Å². The summed E-state index contributed by atoms with van der Waals surface area (Å²) in [5.74, 6) is 0.173. The number of carbonyl (C=O) groups is 1. The minimum Gasteiger partial charge on any atom is -0.475 e. The standard InChI is InChI=1S/C16H19N3O3/c1-19(12-13-5-3-7-17-11-13)16(20)14-6-4-8-18-15(14)22-10-9-21-2/h3-8,11H,9-10,12H2,1-2H3. The normalized spacial score (nSPS) is 10.3. The molecule has 0 saturated heterocycles. The lowest BCUT2D eigenvalue weighted by molar-refractivity contribution is 0.0776. The minimum absolute atomic E-state index is 0.149. The molecule has 0 unspecified atom stereocenters. The van der Waals surface area contributed by atoms with Crippen LogP contribution in [0.3, 0.4) is 0 Å². The molecule has 0 aliphatic heterocycles. The van der Waals surface area contributed by atoms with Crippen LogP contribution in [-0.4, -0.2) is 48.1 Å². The first kappa shape index (κ1) is 15.9. The van der Waals surface area contributed by atoms with Crippen molar-refractivity contribution in [3.63, 3.8) is 0 Å². The molecule has 0 saturated carbocycles. The van der Waals surface area contributed by atoms with Crippen LogP contribution < -0.4 is 4.74 Å². The van der Waals surface area contributed by atoms with Crippen molar-refractivity contribution in [3.05, 3.63) is 54.0 Å². The van der Waals surface area contributed by atoms with Gasteiger partial charge in [-0.1, -0.05) is 6.07 Å². The van der Waals surface area contributed by atoms with Gasteiger partial charge in [0, 0.05) is 39.3 Å². The van der Waals surface area contributed by atoms with E-state index < -0.39 is 0 Å². The summed E-state index contributed by atoms with van der Waals surface area (Å²) in [6, 6.07) is 7.19. The Morgan fingerprint density at radius 3 is 2.77 bits per heavy atom. The number of aromatic nitrogens is 2. The molecule has 2 heterocycles. The van der Waals surface area contributed by atoms with Gasteiger partial charge in [0.05, 0.1) is 6.61 Å². The molecule has 0 bridgehead atoms. The van der Waals surface area contributed by atoms with E-state index in [-0.39, 0.29) is 5.91 Å². The second-order valence-electron chi connectivity index (χ2n) is 4.72. The van der Waals surface area contributed by atoms with Crippen molar-refractivity contribution < 1.29 is 14.3 Å². The molecule has 0 aliphatic carbocycles. The molecule has 0 spiro atoms. The van der Waals surface area contributed by atoms with Gasteiger partial charge in [-0.05, 0) is 23.8 Å². The number of hydrogen-bond donors (Lipinski definition) is 0. The molecule has 2 rings (SSSR count). The number of nitrogens with zero attached hydrogens (tertiary/aromatic N) is 3. The van der Waals surface area contributed by atoms with Crippen molar-refractivity contribution in [1.82, 2.24) is 14.9 Å². The van der Waals surface area contributed by atoms with Gasteiger partial charge in [-0.3, -0.25) is 9.78 Å². The predicted molar refractivity (Wildman–Crippen MR) is 81.6 cm³/mol. The van der Waals surface area contributed by atoms with Crippen molar-refractivity contribution >= 4 is 5.91 Å². The average Bonchev–Trinajstić information content (AvgIpc) is 2.56. The van der Waals surface area contributed by atoms with Gasteiger partial charge < -0.3 is 14.4 Å². The molecule has 0 N–H and O–H groups in total. The van der Waals surface area contributed by atoms with Crippen LogP contribution in [0.25, 0.3) is 0 Å². The van der Waals surface area contributed by atoms with E-state index in [1.807, 2.05) is 12.1 Å². The zero-order valence-corrected chi connectivity index (χ0v) is 12.7. The highest BCUT2D eigenvalue weighted by molar-refractivity contribution is 5.96. The Bertz CT molecular complexity index is 605. The van der Waals surface area contributed by atoms with E-state index in [0.29, 0.717) is 31.2 Å². The number of carbonyl (C=O) groups excluding carboxylic acids is 1. The molecule has 0 fully saturated rings. The molecule has 116 valence electrons. The lowest BCUT2D eigenvalue weighted by Gasteiger charge is -2.18. The molecule has 6 nitrogen and oxygen atoms in total. The van der Waals surface area contributed by atoms with Gasteiger partial charge in [-0.25, -0.2) is 4.98 Å². The van der Waals surface area contributed by atoms with Crippen LogP contribution in [0.5, 0.6) is 5.88 Å². The number of rotatable bonds is 7. The van der Waals surface area contributed by atoms with Crippen LogP contribution in [-0.2, 0) is 11.3 Å². The Hall–Kier alpha value is -2.47. The lowest BCUT2D eigenvalue weighted by atomic mass is 10.2. The Morgan fingerprint density at radius 1 is 1.23 bits per heavy atom. The van der Waals surface area contributed by atoms with Crippen molar-refractivity contribution in [2.45, 2.75) is 6.54 Å². The van der Waals surface area contributed by atoms with Gasteiger partial charge in [0.1, 0.15) is 12.2 Å². The zero-order chi connectivity index (χ0) is 15.8. The second kappa shape index (κ2) is 8.09. The first-order chi connectivity index (χ1) is 10.7. The highest BCUT2D eigenvalue weighted by Crippen LogP contribution is 2.17. The van der Waals surface area contributed by atoms with E-state index in [0.717, 1.165) is 5.56 Å². The summed E-state index contributed by atoms with van der Waals surface area (Å²) in [5, 5.41) is 0. The first-order valence-corrected chi connectivity index (χ1v) is 6.93. The summed E-state index contributed by atoms with van der Waals surface area (Å²) in [6.07, 6.45) is 5.04. The van der Waals surface area contributed by atoms with E-state index in [1.165, 1.54) is 0 Å². The number of pyridine rings is 2. The third kappa shape index (κ3) is 4.26. The maximum absolute atomic E-state index is 12.6. The second-order valence-corrected chi connectivity index (χ2v) is 4.72. The van der Waals surface area contributed by atoms with Crippen LogP contribution in [0.4, 0.5) is 0 Å². The average molecular weight is 301 g/mol. The van der Waals surface area contributed by atoms with Gasteiger partial charge in [0.2, 0.25) is 5.88 Å². The number of ether oxygens (including phenoxy) is 2. The zero-order valence-electron chi connectivity index (χ0n) is 12.7. The van der Waals surface area contributed by atoms with Crippen LogP contribution in [0.2, 0.25) is 0 Å². The lowest BCUT2D eigenvalue weighted by Crippen LogP contribution is -2.27. The molecule has 2 aromatic rings. The fraction of sp³-hybridized carbons (Fsp3) is 0.312. The van der Waals surface area contributed by atoms with Gasteiger partial charge >= 0.3 is 0 Å². The SMILES string of the molecule is COCCOc1ncccc1C(=O)N(C)Cc1cccnc1. The molecular weight excluding hydrogens is 282 g/mol. The van der Waals surface area contributed by atoms with Crippen LogP contribution in [0.1, 0.15) is 15.9 Å². The highest BCUT2D eigenvalue weighted by Gasteiger charge is 2.17. The van der Waals surface area contributed by atoms with E-state index >= 15 is 0 Å². The topological polar surface area (TPSA) is 64.6 Å². The fourth-order valence-corrected chi connectivity index (χ4v) is 1.93. The van der Waals surface area contributed by atoms with Crippen molar-refractivity contribution in [2.75, 3.05) is 27.4 Å². The number of hydrogen-bond acceptors (Lipinski definition) is 5. The Kier molecular flexibility index (Phi) is 5.85. The van der Waals surface area contributed by atoms with Crippen molar-refractivity contribution in [2.24, 2.45) is 0 Å².